The minimum absolute atomic E-state index is 0.136. The molecular formula is C29H30N4O2S2. The second-order valence-corrected chi connectivity index (χ2v) is 10.9. The first-order valence-electron chi connectivity index (χ1n) is 12.0. The van der Waals surface area contributed by atoms with Gasteiger partial charge in [0.2, 0.25) is 5.91 Å². The first-order valence-corrected chi connectivity index (χ1v) is 13.8. The molecule has 0 saturated heterocycles. The molecule has 0 atom stereocenters. The maximum Gasteiger partial charge on any atom is 0.258 e. The molecule has 4 rings (SSSR count). The largest absolute Gasteiger partial charge is 0.396 e. The van der Waals surface area contributed by atoms with Gasteiger partial charge in [0.25, 0.3) is 5.91 Å². The molecule has 4 N–H and O–H groups in total. The minimum Gasteiger partial charge on any atom is -0.396 e. The number of rotatable bonds is 8. The summed E-state index contributed by atoms with van der Waals surface area (Å²) in [7, 11) is 0. The van der Waals surface area contributed by atoms with Gasteiger partial charge in [-0.25, -0.2) is 4.98 Å². The standard InChI is InChI=1S/C29H30N4O2S2/c1-17(2)21-13-8-10-18(3)27(21)33-23(34)16-37-29-26(30)25(22-14-9-15-36-22)24(19(4)31-29)28(35)32-20-11-6-5-7-12-20/h5-15,17H,16,30H2,1-4H3,(H,32,35)(H,33,34). The van der Waals surface area contributed by atoms with Crippen LogP contribution in [0.5, 0.6) is 0 Å². The Morgan fingerprint density at radius 2 is 1.76 bits per heavy atom. The van der Waals surface area contributed by atoms with Crippen LogP contribution in [0.4, 0.5) is 17.1 Å². The zero-order chi connectivity index (χ0) is 26.5. The SMILES string of the molecule is Cc1cccc(C(C)C)c1NC(=O)CSc1nc(C)c(C(=O)Nc2ccccc2)c(-c2cccs2)c1N. The van der Waals surface area contributed by atoms with E-state index in [1.54, 1.807) is 6.92 Å². The van der Waals surface area contributed by atoms with Crippen LogP contribution in [-0.4, -0.2) is 22.6 Å². The Labute approximate surface area is 225 Å². The van der Waals surface area contributed by atoms with Crippen LogP contribution in [0, 0.1) is 13.8 Å². The lowest BCUT2D eigenvalue weighted by Gasteiger charge is -2.18. The van der Waals surface area contributed by atoms with Crippen molar-refractivity contribution in [2.24, 2.45) is 0 Å². The van der Waals surface area contributed by atoms with Crippen LogP contribution >= 0.6 is 23.1 Å². The number of aromatic nitrogens is 1. The van der Waals surface area contributed by atoms with Crippen molar-refractivity contribution in [2.45, 2.75) is 38.6 Å². The highest BCUT2D eigenvalue weighted by Crippen LogP contribution is 2.39. The topological polar surface area (TPSA) is 97.1 Å². The maximum atomic E-state index is 13.3. The van der Waals surface area contributed by atoms with Crippen LogP contribution in [0.3, 0.4) is 0 Å². The fraction of sp³-hybridized carbons (Fsp3) is 0.207. The van der Waals surface area contributed by atoms with Crippen LogP contribution in [-0.2, 0) is 4.79 Å². The van der Waals surface area contributed by atoms with E-state index in [0.29, 0.717) is 33.2 Å². The first kappa shape index (κ1) is 26.4. The van der Waals surface area contributed by atoms with Crippen molar-refractivity contribution in [3.05, 3.63) is 88.4 Å². The van der Waals surface area contributed by atoms with Gasteiger partial charge in [0.15, 0.2) is 0 Å². The molecule has 0 unspecified atom stereocenters. The van der Waals surface area contributed by atoms with Crippen molar-refractivity contribution < 1.29 is 9.59 Å². The van der Waals surface area contributed by atoms with Gasteiger partial charge in [-0.2, -0.15) is 0 Å². The first-order chi connectivity index (χ1) is 17.8. The van der Waals surface area contributed by atoms with Crippen LogP contribution in [0.2, 0.25) is 0 Å². The van der Waals surface area contributed by atoms with Gasteiger partial charge in [0.1, 0.15) is 5.03 Å². The van der Waals surface area contributed by atoms with E-state index in [-0.39, 0.29) is 23.5 Å². The van der Waals surface area contributed by atoms with Crippen LogP contribution in [0.15, 0.2) is 71.1 Å². The second kappa shape index (κ2) is 11.6. The third-order valence-corrected chi connectivity index (χ3v) is 7.82. The Balaban J connectivity index is 1.61. The zero-order valence-electron chi connectivity index (χ0n) is 21.3. The average molecular weight is 531 g/mol. The molecule has 0 spiro atoms. The Morgan fingerprint density at radius 1 is 1.00 bits per heavy atom. The minimum atomic E-state index is -0.277. The van der Waals surface area contributed by atoms with Gasteiger partial charge in [-0.15, -0.1) is 11.3 Å². The fourth-order valence-corrected chi connectivity index (χ4v) is 5.71. The summed E-state index contributed by atoms with van der Waals surface area (Å²) in [6.45, 7) is 8.00. The number of nitrogens with one attached hydrogen (secondary N) is 2. The number of carbonyl (C=O) groups is 2. The summed E-state index contributed by atoms with van der Waals surface area (Å²) in [5.74, 6) is 0.0119. The number of hydrogen-bond donors (Lipinski definition) is 3. The molecule has 190 valence electrons. The van der Waals surface area contributed by atoms with E-state index in [2.05, 4.69) is 29.5 Å². The molecule has 0 fully saturated rings. The number of carbonyl (C=O) groups excluding carboxylic acids is 2. The smallest absolute Gasteiger partial charge is 0.258 e. The molecule has 2 aromatic heterocycles. The van der Waals surface area contributed by atoms with E-state index in [1.165, 1.54) is 23.1 Å². The average Bonchev–Trinajstić information content (AvgIpc) is 3.40. The van der Waals surface area contributed by atoms with Crippen molar-refractivity contribution in [2.75, 3.05) is 22.1 Å². The van der Waals surface area contributed by atoms with E-state index in [4.69, 9.17) is 5.73 Å². The van der Waals surface area contributed by atoms with E-state index in [9.17, 15) is 9.59 Å². The van der Waals surface area contributed by atoms with Gasteiger partial charge in [0.05, 0.1) is 22.7 Å². The van der Waals surface area contributed by atoms with E-state index in [1.807, 2.05) is 73.0 Å². The van der Waals surface area contributed by atoms with Crippen molar-refractivity contribution in [3.8, 4) is 10.4 Å². The number of nitrogen functional groups attached to an aromatic ring is 1. The highest BCUT2D eigenvalue weighted by atomic mass is 32.2. The molecule has 2 heterocycles. The molecule has 0 saturated carbocycles. The second-order valence-electron chi connectivity index (χ2n) is 8.99. The van der Waals surface area contributed by atoms with Crippen molar-refractivity contribution in [1.29, 1.82) is 0 Å². The summed E-state index contributed by atoms with van der Waals surface area (Å²) < 4.78 is 0. The number of aryl methyl sites for hydroxylation is 2. The molecule has 4 aromatic rings. The van der Waals surface area contributed by atoms with Gasteiger partial charge < -0.3 is 16.4 Å². The number of hydrogen-bond acceptors (Lipinski definition) is 6. The molecule has 0 aliphatic carbocycles. The number of amides is 2. The lowest BCUT2D eigenvalue weighted by molar-refractivity contribution is -0.113. The third kappa shape index (κ3) is 6.03. The van der Waals surface area contributed by atoms with Gasteiger partial charge in [-0.05, 0) is 54.5 Å². The van der Waals surface area contributed by atoms with Crippen molar-refractivity contribution in [3.63, 3.8) is 0 Å². The van der Waals surface area contributed by atoms with E-state index in [0.717, 1.165) is 21.7 Å². The number of thiophene rings is 1. The summed E-state index contributed by atoms with van der Waals surface area (Å²) in [5, 5.41) is 8.49. The van der Waals surface area contributed by atoms with Crippen LogP contribution in [0.25, 0.3) is 10.4 Å². The summed E-state index contributed by atoms with van der Waals surface area (Å²) >= 11 is 2.77. The number of anilines is 3. The number of nitrogens with zero attached hydrogens (tertiary/aromatic N) is 1. The molecule has 0 bridgehead atoms. The molecule has 37 heavy (non-hydrogen) atoms. The number of para-hydroxylation sites is 2. The lowest BCUT2D eigenvalue weighted by Crippen LogP contribution is -2.18. The number of benzene rings is 2. The summed E-state index contributed by atoms with van der Waals surface area (Å²) in [5.41, 5.74) is 12.3. The van der Waals surface area contributed by atoms with Gasteiger partial charge >= 0.3 is 0 Å². The Hall–Kier alpha value is -3.62. The van der Waals surface area contributed by atoms with E-state index >= 15 is 0 Å². The molecule has 0 aliphatic rings. The molecule has 2 aromatic carbocycles. The number of thioether (sulfide) groups is 1. The molecule has 8 heteroatoms. The summed E-state index contributed by atoms with van der Waals surface area (Å²) in [6.07, 6.45) is 0. The highest BCUT2D eigenvalue weighted by Gasteiger charge is 2.24. The predicted octanol–water partition coefficient (Wildman–Crippen LogP) is 7.12. The van der Waals surface area contributed by atoms with Crippen molar-refractivity contribution in [1.82, 2.24) is 4.98 Å². The third-order valence-electron chi connectivity index (χ3n) is 5.94. The van der Waals surface area contributed by atoms with Gasteiger partial charge in [-0.1, -0.05) is 68.1 Å². The molecule has 6 nitrogen and oxygen atoms in total. The normalized spacial score (nSPS) is 10.9. The van der Waals surface area contributed by atoms with E-state index < -0.39 is 0 Å². The number of nitrogens with two attached hydrogens (primary N) is 1. The number of pyridine rings is 1. The Kier molecular flexibility index (Phi) is 8.31. The summed E-state index contributed by atoms with van der Waals surface area (Å²) in [4.78, 5) is 31.8. The zero-order valence-corrected chi connectivity index (χ0v) is 22.9. The van der Waals surface area contributed by atoms with Crippen LogP contribution in [0.1, 0.15) is 46.9 Å². The summed E-state index contributed by atoms with van der Waals surface area (Å²) in [6, 6.07) is 19.2. The molecule has 0 radical (unpaired) electrons. The fourth-order valence-electron chi connectivity index (χ4n) is 4.12. The molecule has 0 aliphatic heterocycles. The predicted molar refractivity (Wildman–Crippen MR) is 156 cm³/mol. The Bertz CT molecular complexity index is 1420. The molecule has 2 amide bonds. The highest BCUT2D eigenvalue weighted by molar-refractivity contribution is 8.00. The van der Waals surface area contributed by atoms with Crippen molar-refractivity contribution >= 4 is 52.0 Å². The van der Waals surface area contributed by atoms with Gasteiger partial charge in [-0.3, -0.25) is 9.59 Å². The quantitative estimate of drug-likeness (QED) is 0.211. The van der Waals surface area contributed by atoms with Crippen LogP contribution < -0.4 is 16.4 Å². The monoisotopic (exact) mass is 530 g/mol. The van der Waals surface area contributed by atoms with Gasteiger partial charge in [0, 0.05) is 21.8 Å². The lowest BCUT2D eigenvalue weighted by atomic mass is 9.98. The Morgan fingerprint density at radius 3 is 2.43 bits per heavy atom. The maximum absolute atomic E-state index is 13.3. The molecular weight excluding hydrogens is 500 g/mol.